The van der Waals surface area contributed by atoms with E-state index in [0.29, 0.717) is 30.4 Å². The molecule has 3 aliphatic heterocycles. The van der Waals surface area contributed by atoms with Crippen LogP contribution in [-0.4, -0.2) is 59.4 Å². The molecule has 0 radical (unpaired) electrons. The molecule has 0 bridgehead atoms. The number of aromatic amines is 1. The van der Waals surface area contributed by atoms with Crippen molar-refractivity contribution in [2.75, 3.05) is 6.61 Å². The van der Waals surface area contributed by atoms with Crippen LogP contribution in [0.1, 0.15) is 43.7 Å². The Bertz CT molecular complexity index is 1370. The summed E-state index contributed by atoms with van der Waals surface area (Å²) in [7, 11) is 0. The summed E-state index contributed by atoms with van der Waals surface area (Å²) in [5.74, 6) is -1.26. The smallest absolute Gasteiger partial charge is 0.287 e. The lowest BCUT2D eigenvalue weighted by Crippen LogP contribution is -2.41. The Morgan fingerprint density at radius 3 is 2.61 bits per heavy atom. The number of hydrogen-bond donors (Lipinski definition) is 2. The summed E-state index contributed by atoms with van der Waals surface area (Å²) in [5, 5.41) is 5.29. The molecule has 3 saturated heterocycles. The number of hydrogen-bond acceptors (Lipinski definition) is 8. The Balaban J connectivity index is 1.18. The van der Waals surface area contributed by atoms with Gasteiger partial charge in [-0.1, -0.05) is 30.3 Å². The zero-order valence-electron chi connectivity index (χ0n) is 21.7. The van der Waals surface area contributed by atoms with Gasteiger partial charge in [0.15, 0.2) is 24.0 Å². The van der Waals surface area contributed by atoms with Gasteiger partial charge in [-0.25, -0.2) is 5.43 Å². The van der Waals surface area contributed by atoms with Gasteiger partial charge >= 0.3 is 0 Å². The van der Waals surface area contributed by atoms with Crippen LogP contribution in [0.5, 0.6) is 5.75 Å². The molecule has 200 valence electrons. The predicted octanol–water partition coefficient (Wildman–Crippen LogP) is 3.86. The molecule has 0 saturated carbocycles. The van der Waals surface area contributed by atoms with Gasteiger partial charge in [-0.3, -0.25) is 4.79 Å². The minimum atomic E-state index is -0.838. The van der Waals surface area contributed by atoms with Gasteiger partial charge in [0, 0.05) is 10.9 Å². The van der Waals surface area contributed by atoms with Crippen LogP contribution < -0.4 is 10.2 Å². The van der Waals surface area contributed by atoms with Gasteiger partial charge in [0.25, 0.3) is 5.91 Å². The summed E-state index contributed by atoms with van der Waals surface area (Å²) in [4.78, 5) is 16.2. The molecule has 4 atom stereocenters. The summed E-state index contributed by atoms with van der Waals surface area (Å²) in [6, 6.07) is 17.4. The summed E-state index contributed by atoms with van der Waals surface area (Å²) in [6.45, 7) is 8.07. The van der Waals surface area contributed by atoms with Crippen LogP contribution in [0.15, 0.2) is 59.7 Å². The molecule has 2 aromatic carbocycles. The van der Waals surface area contributed by atoms with Crippen molar-refractivity contribution in [1.82, 2.24) is 10.4 Å². The minimum absolute atomic E-state index is 0.324. The fourth-order valence-electron chi connectivity index (χ4n) is 4.91. The highest BCUT2D eigenvalue weighted by Gasteiger charge is 2.56. The highest BCUT2D eigenvalue weighted by Crippen LogP contribution is 2.39. The molecule has 4 heterocycles. The van der Waals surface area contributed by atoms with Crippen molar-refractivity contribution in [1.29, 1.82) is 0 Å². The van der Waals surface area contributed by atoms with Crippen LogP contribution >= 0.6 is 0 Å². The lowest BCUT2D eigenvalue weighted by atomic mass is 10.1. The van der Waals surface area contributed by atoms with Crippen molar-refractivity contribution in [3.8, 4) is 5.75 Å². The Hall–Kier alpha value is -3.28. The van der Waals surface area contributed by atoms with Gasteiger partial charge in [-0.05, 0) is 57.5 Å². The number of aromatic nitrogens is 1. The van der Waals surface area contributed by atoms with Crippen molar-refractivity contribution < 1.29 is 33.2 Å². The predicted molar refractivity (Wildman–Crippen MR) is 138 cm³/mol. The van der Waals surface area contributed by atoms with Gasteiger partial charge in [0.2, 0.25) is 0 Å². The highest BCUT2D eigenvalue weighted by molar-refractivity contribution is 6.00. The van der Waals surface area contributed by atoms with Crippen molar-refractivity contribution >= 4 is 22.5 Å². The Kier molecular flexibility index (Phi) is 6.24. The molecule has 0 unspecified atom stereocenters. The summed E-state index contributed by atoms with van der Waals surface area (Å²) >= 11 is 0. The van der Waals surface area contributed by atoms with E-state index < -0.39 is 42.1 Å². The molecule has 1 amide bonds. The molecule has 3 aliphatic rings. The molecule has 0 aliphatic carbocycles. The molecule has 10 heteroatoms. The van der Waals surface area contributed by atoms with Crippen LogP contribution in [-0.2, 0) is 30.3 Å². The average Bonchev–Trinajstić information content (AvgIpc) is 3.62. The van der Waals surface area contributed by atoms with E-state index in [1.165, 1.54) is 0 Å². The summed E-state index contributed by atoms with van der Waals surface area (Å²) in [6.07, 6.45) is -2.23. The number of fused-ring (bicyclic) bond motifs is 2. The normalized spacial score (nSPS) is 28.6. The molecular formula is C28H31N3O7. The molecule has 3 fully saturated rings. The van der Waals surface area contributed by atoms with E-state index in [1.807, 2.05) is 62.4 Å². The maximum Gasteiger partial charge on any atom is 0.287 e. The molecule has 6 rings (SSSR count). The van der Waals surface area contributed by atoms with Gasteiger partial charge in [-0.2, -0.15) is 5.10 Å². The maximum atomic E-state index is 13.1. The van der Waals surface area contributed by atoms with Gasteiger partial charge < -0.3 is 33.4 Å². The number of ether oxygens (including phenoxy) is 6. The second-order valence-corrected chi connectivity index (χ2v) is 10.5. The zero-order chi connectivity index (χ0) is 26.5. The molecule has 10 nitrogen and oxygen atoms in total. The number of nitrogens with zero attached hydrogens (tertiary/aromatic N) is 1. The van der Waals surface area contributed by atoms with Crippen LogP contribution in [0.25, 0.3) is 10.9 Å². The Labute approximate surface area is 220 Å². The quantitative estimate of drug-likeness (QED) is 0.474. The third-order valence-corrected chi connectivity index (χ3v) is 6.66. The number of benzene rings is 2. The number of amides is 1. The zero-order valence-corrected chi connectivity index (χ0v) is 21.7. The van der Waals surface area contributed by atoms with E-state index in [2.05, 4.69) is 15.5 Å². The summed E-state index contributed by atoms with van der Waals surface area (Å²) < 4.78 is 35.7. The molecule has 1 aromatic heterocycles. The minimum Gasteiger partial charge on any atom is -0.489 e. The van der Waals surface area contributed by atoms with E-state index in [9.17, 15) is 4.79 Å². The molecule has 0 spiro atoms. The van der Waals surface area contributed by atoms with Crippen molar-refractivity contribution in [3.05, 3.63) is 65.9 Å². The van der Waals surface area contributed by atoms with E-state index in [1.54, 1.807) is 19.9 Å². The monoisotopic (exact) mass is 521 g/mol. The number of H-pyrrole nitrogens is 1. The summed E-state index contributed by atoms with van der Waals surface area (Å²) in [5.41, 5.74) is 5.40. The second-order valence-electron chi connectivity index (χ2n) is 10.5. The fraction of sp³-hybridized carbons (Fsp3) is 0.429. The number of nitrogens with one attached hydrogen (secondary N) is 2. The topological polar surface area (TPSA) is 113 Å². The van der Waals surface area contributed by atoms with Gasteiger partial charge in [0.05, 0.1) is 6.61 Å². The third kappa shape index (κ3) is 5.05. The number of carbonyl (C=O) groups excluding carboxylic acids is 1. The van der Waals surface area contributed by atoms with E-state index >= 15 is 0 Å². The lowest BCUT2D eigenvalue weighted by molar-refractivity contribution is -0.211. The maximum absolute atomic E-state index is 13.1. The van der Waals surface area contributed by atoms with Crippen LogP contribution in [0.3, 0.4) is 0 Å². The Morgan fingerprint density at radius 2 is 1.84 bits per heavy atom. The third-order valence-electron chi connectivity index (χ3n) is 6.66. The molecule has 38 heavy (non-hydrogen) atoms. The first-order valence-electron chi connectivity index (χ1n) is 12.7. The first-order chi connectivity index (χ1) is 18.2. The molecular weight excluding hydrogens is 490 g/mol. The number of rotatable bonds is 6. The standard InChI is InChI=1S/C28H31N3O7/c1-27(2)34-15-21(36-27)23-22(24-26(35-23)38-28(3,4)37-24)30-31-25(32)20-13-17-12-18(10-11-19(17)29-20)33-14-16-8-6-5-7-9-16/h5-13,21,23-24,26,29H,14-15H2,1-4H3,(H,31,32)/b30-22+/t21-,23-,24-,26+/m1/s1. The second kappa shape index (κ2) is 9.48. The van der Waals surface area contributed by atoms with E-state index in [4.69, 9.17) is 28.4 Å². The highest BCUT2D eigenvalue weighted by atomic mass is 16.8. The SMILES string of the molecule is CC1(C)O[C@@H]2O[C@H]([C@H]3COC(C)(C)O3)/C(=N\NC(=O)c3cc4cc(OCc5ccccc5)ccc4[nH]3)[C@H]2O1. The number of carbonyl (C=O) groups is 1. The van der Waals surface area contributed by atoms with Crippen molar-refractivity contribution in [2.24, 2.45) is 5.10 Å². The van der Waals surface area contributed by atoms with Crippen LogP contribution in [0, 0.1) is 0 Å². The fourth-order valence-corrected chi connectivity index (χ4v) is 4.91. The number of hydrazone groups is 1. The van der Waals surface area contributed by atoms with Crippen LogP contribution in [0.2, 0.25) is 0 Å². The molecule has 2 N–H and O–H groups in total. The van der Waals surface area contributed by atoms with Crippen molar-refractivity contribution in [3.63, 3.8) is 0 Å². The lowest BCUT2D eigenvalue weighted by Gasteiger charge is -2.24. The van der Waals surface area contributed by atoms with E-state index in [-0.39, 0.29) is 0 Å². The van der Waals surface area contributed by atoms with Crippen molar-refractivity contribution in [2.45, 2.75) is 70.5 Å². The van der Waals surface area contributed by atoms with Crippen LogP contribution in [0.4, 0.5) is 0 Å². The largest absolute Gasteiger partial charge is 0.489 e. The van der Waals surface area contributed by atoms with Gasteiger partial charge in [-0.15, -0.1) is 0 Å². The molecule has 3 aromatic rings. The first-order valence-corrected chi connectivity index (χ1v) is 12.7. The van der Waals surface area contributed by atoms with E-state index in [0.717, 1.165) is 16.5 Å². The van der Waals surface area contributed by atoms with Gasteiger partial charge in [0.1, 0.15) is 36.0 Å². The average molecular weight is 522 g/mol. The Morgan fingerprint density at radius 1 is 1.03 bits per heavy atom. The first kappa shape index (κ1) is 25.0.